The van der Waals surface area contributed by atoms with E-state index in [4.69, 9.17) is 5.73 Å². The quantitative estimate of drug-likeness (QED) is 0.690. The Morgan fingerprint density at radius 1 is 1.32 bits per heavy atom. The molecule has 2 heterocycles. The Balaban J connectivity index is 1.44. The lowest BCUT2D eigenvalue weighted by Gasteiger charge is -2.59. The number of aromatic nitrogens is 2. The number of allylic oxidation sites excluding steroid dienone is 3. The van der Waals surface area contributed by atoms with Gasteiger partial charge in [-0.2, -0.15) is 4.98 Å². The molecule has 1 aromatic rings. The second-order valence-electron chi connectivity index (χ2n) is 11.1. The third-order valence-corrected chi connectivity index (χ3v) is 9.39. The van der Waals surface area contributed by atoms with Crippen LogP contribution < -0.4 is 15.5 Å². The van der Waals surface area contributed by atoms with Crippen LogP contribution in [0.25, 0.3) is 0 Å². The summed E-state index contributed by atoms with van der Waals surface area (Å²) >= 11 is 0. The smallest absolute Gasteiger partial charge is 0.256 e. The highest BCUT2D eigenvalue weighted by Crippen LogP contribution is 2.61. The van der Waals surface area contributed by atoms with Crippen LogP contribution >= 0.6 is 0 Å². The van der Waals surface area contributed by atoms with Gasteiger partial charge in [0.2, 0.25) is 0 Å². The fourth-order valence-corrected chi connectivity index (χ4v) is 6.72. The molecule has 0 radical (unpaired) electrons. The first-order valence-electron chi connectivity index (χ1n) is 12.2. The molecule has 1 aliphatic heterocycles. The molecule has 0 amide bonds. The van der Waals surface area contributed by atoms with Gasteiger partial charge < -0.3 is 10.6 Å². The molecule has 0 bridgehead atoms. The number of nitrogens with two attached hydrogens (primary N) is 1. The molecule has 3 aliphatic rings. The summed E-state index contributed by atoms with van der Waals surface area (Å²) in [6, 6.07) is 0. The van der Waals surface area contributed by atoms with Crippen molar-refractivity contribution in [2.24, 2.45) is 28.6 Å². The predicted molar refractivity (Wildman–Crippen MR) is 129 cm³/mol. The van der Waals surface area contributed by atoms with Crippen molar-refractivity contribution in [1.82, 2.24) is 9.97 Å². The lowest BCUT2D eigenvalue weighted by molar-refractivity contribution is -0.805. The molecule has 6 atom stereocenters. The second-order valence-corrected chi connectivity index (χ2v) is 11.1. The fraction of sp³-hybridized carbons (Fsp3) is 0.692. The third-order valence-electron chi connectivity index (χ3n) is 9.39. The normalized spacial score (nSPS) is 37.6. The summed E-state index contributed by atoms with van der Waals surface area (Å²) in [5.74, 6) is 3.88. The average Bonchev–Trinajstić information content (AvgIpc) is 3.07. The van der Waals surface area contributed by atoms with Crippen LogP contribution in [0, 0.1) is 28.6 Å². The van der Waals surface area contributed by atoms with E-state index in [1.165, 1.54) is 42.6 Å². The minimum absolute atomic E-state index is 0.407. The molecule has 5 heteroatoms. The zero-order valence-corrected chi connectivity index (χ0v) is 20.4. The highest BCUT2D eigenvalue weighted by molar-refractivity contribution is 5.73. The number of fused-ring (bicyclic) bond motifs is 2. The van der Waals surface area contributed by atoms with Gasteiger partial charge in [0, 0.05) is 6.54 Å². The summed E-state index contributed by atoms with van der Waals surface area (Å²) in [5.41, 5.74) is 9.53. The summed E-state index contributed by atoms with van der Waals surface area (Å²) in [7, 11) is 2.14. The lowest BCUT2D eigenvalue weighted by atomic mass is 9.46. The van der Waals surface area contributed by atoms with E-state index in [1.54, 1.807) is 6.33 Å². The van der Waals surface area contributed by atoms with Gasteiger partial charge in [-0.15, -0.1) is 0 Å². The second kappa shape index (κ2) is 8.23. The number of anilines is 2. The van der Waals surface area contributed by atoms with E-state index >= 15 is 0 Å². The maximum atomic E-state index is 6.17. The molecule has 2 aliphatic carbocycles. The Bertz CT molecular complexity index is 877. The Morgan fingerprint density at radius 2 is 2.10 bits per heavy atom. The first-order chi connectivity index (χ1) is 14.7. The minimum Gasteiger partial charge on any atom is -0.382 e. The molecular weight excluding hydrogens is 382 g/mol. The summed E-state index contributed by atoms with van der Waals surface area (Å²) < 4.78 is 0. The van der Waals surface area contributed by atoms with E-state index in [0.717, 1.165) is 36.6 Å². The highest BCUT2D eigenvalue weighted by atomic mass is 15.4. The summed E-state index contributed by atoms with van der Waals surface area (Å²) in [4.78, 5) is 12.3. The van der Waals surface area contributed by atoms with E-state index < -0.39 is 0 Å². The number of nitrogens with one attached hydrogen (secondary N) is 1. The van der Waals surface area contributed by atoms with Crippen LogP contribution in [0.5, 0.6) is 0 Å². The summed E-state index contributed by atoms with van der Waals surface area (Å²) in [6.07, 6.45) is 15.4. The standard InChI is InChI=1S/C26H41N5/c1-18(12-15-31-17-30(6)24-22(31)23(27)28-16-29-24)10-13-25(4)20(3)11-14-26(5)19(2)8-7-9-21(25)26/h7-8,12,16,19-21H,9-11,13-15,17H2,1-6H3,(H2,27,28,29)/p+1/t19-,20-,21-,25+,26+/m1/s1. The van der Waals surface area contributed by atoms with Gasteiger partial charge in [-0.1, -0.05) is 51.5 Å². The van der Waals surface area contributed by atoms with Crippen LogP contribution in [0.3, 0.4) is 0 Å². The van der Waals surface area contributed by atoms with Gasteiger partial charge in [-0.05, 0) is 67.6 Å². The van der Waals surface area contributed by atoms with Crippen molar-refractivity contribution in [1.29, 1.82) is 0 Å². The van der Waals surface area contributed by atoms with Crippen molar-refractivity contribution < 1.29 is 4.90 Å². The number of quaternary nitrogens is 1. The van der Waals surface area contributed by atoms with E-state index in [0.29, 0.717) is 22.6 Å². The molecule has 4 rings (SSSR count). The number of rotatable bonds is 5. The number of nitrogen functional groups attached to an aromatic ring is 1. The number of nitrogens with zero attached hydrogens (tertiary/aromatic N) is 3. The van der Waals surface area contributed by atoms with Crippen molar-refractivity contribution in [3.05, 3.63) is 30.1 Å². The fourth-order valence-electron chi connectivity index (χ4n) is 6.72. The van der Waals surface area contributed by atoms with E-state index in [9.17, 15) is 0 Å². The van der Waals surface area contributed by atoms with Crippen LogP contribution in [0.15, 0.2) is 30.1 Å². The Hall–Kier alpha value is -1.88. The maximum Gasteiger partial charge on any atom is 0.256 e. The minimum atomic E-state index is 0.407. The Labute approximate surface area is 188 Å². The molecule has 0 spiro atoms. The first-order valence-corrected chi connectivity index (χ1v) is 12.2. The van der Waals surface area contributed by atoms with Gasteiger partial charge in [0.1, 0.15) is 6.33 Å². The molecule has 1 aromatic heterocycles. The van der Waals surface area contributed by atoms with Crippen LogP contribution in [0.4, 0.5) is 17.3 Å². The van der Waals surface area contributed by atoms with Crippen LogP contribution in [-0.4, -0.2) is 30.2 Å². The average molecular weight is 425 g/mol. The molecule has 170 valence electrons. The lowest BCUT2D eigenvalue weighted by Crippen LogP contribution is -3.03. The van der Waals surface area contributed by atoms with Gasteiger partial charge in [0.25, 0.3) is 5.82 Å². The molecular formula is C26H42N5+. The monoisotopic (exact) mass is 424 g/mol. The van der Waals surface area contributed by atoms with Crippen molar-refractivity contribution in [3.8, 4) is 0 Å². The SMILES string of the molecule is CC(=CCN1C[NH+](C)c2ncnc(N)c21)CC[C@]1(C)[C@H]2CC=C[C@@H](C)[C@]2(C)CC[C@H]1C. The highest BCUT2D eigenvalue weighted by Gasteiger charge is 2.53. The zero-order valence-electron chi connectivity index (χ0n) is 20.4. The van der Waals surface area contributed by atoms with Gasteiger partial charge in [0.05, 0.1) is 7.05 Å². The van der Waals surface area contributed by atoms with Crippen molar-refractivity contribution in [2.75, 3.05) is 30.9 Å². The van der Waals surface area contributed by atoms with Crippen LogP contribution in [-0.2, 0) is 0 Å². The molecule has 0 saturated heterocycles. The molecule has 0 aromatic carbocycles. The molecule has 5 nitrogen and oxygen atoms in total. The summed E-state index contributed by atoms with van der Waals surface area (Å²) in [5, 5.41) is 0. The summed E-state index contributed by atoms with van der Waals surface area (Å²) in [6.45, 7) is 14.2. The zero-order chi connectivity index (χ0) is 22.4. The predicted octanol–water partition coefficient (Wildman–Crippen LogP) is 4.36. The van der Waals surface area contributed by atoms with Crippen molar-refractivity contribution >= 4 is 17.3 Å². The van der Waals surface area contributed by atoms with Gasteiger partial charge in [0.15, 0.2) is 18.2 Å². The van der Waals surface area contributed by atoms with Gasteiger partial charge in [-0.3, -0.25) is 4.90 Å². The van der Waals surface area contributed by atoms with Crippen LogP contribution in [0.1, 0.15) is 66.7 Å². The van der Waals surface area contributed by atoms with E-state index in [1.807, 2.05) is 0 Å². The van der Waals surface area contributed by atoms with E-state index in [-0.39, 0.29) is 0 Å². The number of hydrogen-bond acceptors (Lipinski definition) is 4. The third kappa shape index (κ3) is 3.79. The number of hydrogen-bond donors (Lipinski definition) is 2. The molecule has 31 heavy (non-hydrogen) atoms. The molecule has 1 saturated carbocycles. The molecule has 3 N–H and O–H groups in total. The van der Waals surface area contributed by atoms with Crippen molar-refractivity contribution in [2.45, 2.75) is 66.7 Å². The maximum absolute atomic E-state index is 6.17. The molecule has 1 fully saturated rings. The first kappa shape index (κ1) is 22.3. The van der Waals surface area contributed by atoms with Crippen LogP contribution in [0.2, 0.25) is 0 Å². The molecule has 1 unspecified atom stereocenters. The largest absolute Gasteiger partial charge is 0.382 e. The van der Waals surface area contributed by atoms with Crippen molar-refractivity contribution in [3.63, 3.8) is 0 Å². The topological polar surface area (TPSA) is 59.5 Å². The van der Waals surface area contributed by atoms with E-state index in [2.05, 4.69) is 74.8 Å². The van der Waals surface area contributed by atoms with Gasteiger partial charge >= 0.3 is 0 Å². The van der Waals surface area contributed by atoms with Gasteiger partial charge in [-0.25, -0.2) is 4.98 Å². The Kier molecular flexibility index (Phi) is 5.93. The Morgan fingerprint density at radius 3 is 2.87 bits per heavy atom.